The molecule has 2 aromatic rings. The molecule has 0 radical (unpaired) electrons. The molecule has 4 heterocycles. The maximum atomic E-state index is 6.02. The number of fused-ring (bicyclic) bond motifs is 3. The summed E-state index contributed by atoms with van der Waals surface area (Å²) in [6.45, 7) is 3.46. The molecule has 3 saturated heterocycles. The summed E-state index contributed by atoms with van der Waals surface area (Å²) in [6, 6.07) is 10.7. The minimum absolute atomic E-state index is 0.259. The molecule has 0 amide bonds. The molecule has 1 aromatic carbocycles. The molecule has 4 nitrogen and oxygen atoms in total. The molecule has 0 saturated carbocycles. The Hall–Kier alpha value is -1.94. The summed E-state index contributed by atoms with van der Waals surface area (Å²) in [5.74, 6) is 0.674. The highest BCUT2D eigenvalue weighted by molar-refractivity contribution is 5.61. The van der Waals surface area contributed by atoms with Crippen LogP contribution >= 0.6 is 0 Å². The number of piperidine rings is 3. The standard InChI is InChI=1S/C17H19N3O/c1-2-4-13(5-3-1)15-10-18-17(19-11-15)21-16-12-20-8-6-14(16)7-9-20/h1-5,10-11,14,16H,6-9,12H2. The zero-order chi connectivity index (χ0) is 14.1. The normalized spacial score (nSPS) is 27.5. The van der Waals surface area contributed by atoms with Gasteiger partial charge in [-0.3, -0.25) is 4.90 Å². The molecule has 0 aliphatic carbocycles. The van der Waals surface area contributed by atoms with Crippen molar-refractivity contribution in [2.24, 2.45) is 5.92 Å². The Morgan fingerprint density at radius 3 is 2.29 bits per heavy atom. The second-order valence-electron chi connectivity index (χ2n) is 5.91. The number of hydrogen-bond acceptors (Lipinski definition) is 4. The zero-order valence-corrected chi connectivity index (χ0v) is 12.0. The smallest absolute Gasteiger partial charge is 0.316 e. The first kappa shape index (κ1) is 12.8. The first-order valence-corrected chi connectivity index (χ1v) is 7.65. The van der Waals surface area contributed by atoms with E-state index >= 15 is 0 Å². The van der Waals surface area contributed by atoms with E-state index in [0.717, 1.165) is 17.7 Å². The quantitative estimate of drug-likeness (QED) is 0.867. The average molecular weight is 281 g/mol. The molecule has 1 aromatic heterocycles. The summed E-state index contributed by atoms with van der Waals surface area (Å²) in [6.07, 6.45) is 6.44. The van der Waals surface area contributed by atoms with Crippen molar-refractivity contribution in [3.05, 3.63) is 42.7 Å². The van der Waals surface area contributed by atoms with E-state index in [2.05, 4.69) is 27.0 Å². The lowest BCUT2D eigenvalue weighted by Gasteiger charge is -2.43. The van der Waals surface area contributed by atoms with Crippen LogP contribution in [0.1, 0.15) is 12.8 Å². The van der Waals surface area contributed by atoms with Crippen LogP contribution in [0.2, 0.25) is 0 Å². The molecular formula is C17H19N3O. The van der Waals surface area contributed by atoms with Crippen LogP contribution in [-0.4, -0.2) is 40.6 Å². The maximum Gasteiger partial charge on any atom is 0.316 e. The monoisotopic (exact) mass is 281 g/mol. The Balaban J connectivity index is 1.47. The van der Waals surface area contributed by atoms with Crippen LogP contribution in [0, 0.1) is 5.92 Å². The minimum atomic E-state index is 0.259. The van der Waals surface area contributed by atoms with Gasteiger partial charge in [-0.05, 0) is 37.4 Å². The molecule has 1 unspecified atom stereocenters. The predicted octanol–water partition coefficient (Wildman–Crippen LogP) is 2.62. The van der Waals surface area contributed by atoms with E-state index in [9.17, 15) is 0 Å². The van der Waals surface area contributed by atoms with Crippen LogP contribution in [0.5, 0.6) is 6.01 Å². The molecule has 0 N–H and O–H groups in total. The third kappa shape index (κ3) is 2.63. The lowest BCUT2D eigenvalue weighted by molar-refractivity contribution is -0.0123. The van der Waals surface area contributed by atoms with Gasteiger partial charge in [-0.1, -0.05) is 30.3 Å². The van der Waals surface area contributed by atoms with Crippen molar-refractivity contribution in [2.75, 3.05) is 19.6 Å². The van der Waals surface area contributed by atoms with Crippen LogP contribution in [-0.2, 0) is 0 Å². The highest BCUT2D eigenvalue weighted by Gasteiger charge is 2.35. The Morgan fingerprint density at radius 1 is 0.952 bits per heavy atom. The van der Waals surface area contributed by atoms with E-state index in [4.69, 9.17) is 4.74 Å². The molecule has 3 aliphatic rings. The molecule has 0 spiro atoms. The van der Waals surface area contributed by atoms with E-state index in [1.165, 1.54) is 25.9 Å². The lowest BCUT2D eigenvalue weighted by atomic mass is 9.86. The molecule has 108 valence electrons. The third-order valence-electron chi connectivity index (χ3n) is 4.59. The van der Waals surface area contributed by atoms with Crippen molar-refractivity contribution in [3.8, 4) is 17.1 Å². The summed E-state index contributed by atoms with van der Waals surface area (Å²) in [5, 5.41) is 0. The number of nitrogens with zero attached hydrogens (tertiary/aromatic N) is 3. The van der Waals surface area contributed by atoms with E-state index in [1.807, 2.05) is 30.6 Å². The van der Waals surface area contributed by atoms with Gasteiger partial charge in [-0.25, -0.2) is 9.97 Å². The van der Waals surface area contributed by atoms with Gasteiger partial charge in [0.25, 0.3) is 0 Å². The van der Waals surface area contributed by atoms with E-state index in [0.29, 0.717) is 11.9 Å². The van der Waals surface area contributed by atoms with Crippen LogP contribution in [0.15, 0.2) is 42.7 Å². The Kier molecular flexibility index (Phi) is 3.31. The van der Waals surface area contributed by atoms with Crippen LogP contribution < -0.4 is 4.74 Å². The molecular weight excluding hydrogens is 262 g/mol. The minimum Gasteiger partial charge on any atom is -0.458 e. The van der Waals surface area contributed by atoms with Gasteiger partial charge in [0.05, 0.1) is 0 Å². The number of hydrogen-bond donors (Lipinski definition) is 0. The van der Waals surface area contributed by atoms with Gasteiger partial charge in [0, 0.05) is 24.5 Å². The first-order valence-electron chi connectivity index (χ1n) is 7.65. The Labute approximate surface area is 124 Å². The van der Waals surface area contributed by atoms with Crippen molar-refractivity contribution in [3.63, 3.8) is 0 Å². The average Bonchev–Trinajstić information content (AvgIpc) is 2.57. The van der Waals surface area contributed by atoms with Crippen LogP contribution in [0.25, 0.3) is 11.1 Å². The molecule has 2 bridgehead atoms. The zero-order valence-electron chi connectivity index (χ0n) is 12.0. The van der Waals surface area contributed by atoms with Crippen molar-refractivity contribution < 1.29 is 4.74 Å². The summed E-state index contributed by atoms with van der Waals surface area (Å²) in [5.41, 5.74) is 2.16. The van der Waals surface area contributed by atoms with Crippen molar-refractivity contribution >= 4 is 0 Å². The summed E-state index contributed by atoms with van der Waals surface area (Å²) in [4.78, 5) is 11.2. The highest BCUT2D eigenvalue weighted by atomic mass is 16.5. The highest BCUT2D eigenvalue weighted by Crippen LogP contribution is 2.30. The molecule has 21 heavy (non-hydrogen) atoms. The second kappa shape index (κ2) is 5.45. The maximum absolute atomic E-state index is 6.02. The van der Waals surface area contributed by atoms with Crippen molar-refractivity contribution in [1.29, 1.82) is 0 Å². The van der Waals surface area contributed by atoms with Crippen LogP contribution in [0.3, 0.4) is 0 Å². The van der Waals surface area contributed by atoms with Gasteiger partial charge >= 0.3 is 6.01 Å². The predicted molar refractivity (Wildman–Crippen MR) is 81.0 cm³/mol. The fraction of sp³-hybridized carbons (Fsp3) is 0.412. The summed E-state index contributed by atoms with van der Waals surface area (Å²) < 4.78 is 6.02. The van der Waals surface area contributed by atoms with Gasteiger partial charge in [0.2, 0.25) is 0 Å². The SMILES string of the molecule is c1ccc(-c2cnc(OC3CN4CCC3CC4)nc2)cc1. The number of benzene rings is 1. The van der Waals surface area contributed by atoms with Gasteiger partial charge in [0.1, 0.15) is 6.10 Å². The molecule has 5 rings (SSSR count). The van der Waals surface area contributed by atoms with Crippen molar-refractivity contribution in [1.82, 2.24) is 14.9 Å². The molecule has 3 aliphatic heterocycles. The van der Waals surface area contributed by atoms with E-state index in [-0.39, 0.29) is 6.10 Å². The summed E-state index contributed by atoms with van der Waals surface area (Å²) >= 11 is 0. The second-order valence-corrected chi connectivity index (χ2v) is 5.91. The first-order chi connectivity index (χ1) is 10.4. The largest absolute Gasteiger partial charge is 0.458 e. The molecule has 1 atom stereocenters. The lowest BCUT2D eigenvalue weighted by Crippen LogP contribution is -2.52. The van der Waals surface area contributed by atoms with Crippen LogP contribution in [0.4, 0.5) is 0 Å². The Bertz CT molecular complexity index is 591. The van der Waals surface area contributed by atoms with Gasteiger partial charge in [-0.2, -0.15) is 0 Å². The summed E-state index contributed by atoms with van der Waals surface area (Å²) in [7, 11) is 0. The van der Waals surface area contributed by atoms with Gasteiger partial charge < -0.3 is 4.74 Å². The number of aromatic nitrogens is 2. The fourth-order valence-corrected chi connectivity index (χ4v) is 3.34. The van der Waals surface area contributed by atoms with Gasteiger partial charge in [0.15, 0.2) is 0 Å². The molecule has 3 fully saturated rings. The molecule has 4 heteroatoms. The fourth-order valence-electron chi connectivity index (χ4n) is 3.34. The van der Waals surface area contributed by atoms with E-state index in [1.54, 1.807) is 0 Å². The van der Waals surface area contributed by atoms with Crippen molar-refractivity contribution in [2.45, 2.75) is 18.9 Å². The number of ether oxygens (including phenoxy) is 1. The third-order valence-corrected chi connectivity index (χ3v) is 4.59. The topological polar surface area (TPSA) is 38.2 Å². The Morgan fingerprint density at radius 2 is 1.67 bits per heavy atom. The number of rotatable bonds is 3. The van der Waals surface area contributed by atoms with E-state index < -0.39 is 0 Å². The van der Waals surface area contributed by atoms with Gasteiger partial charge in [-0.15, -0.1) is 0 Å².